The van der Waals surface area contributed by atoms with Crippen molar-refractivity contribution < 1.29 is 36.9 Å². The van der Waals surface area contributed by atoms with Crippen LogP contribution in [0.25, 0.3) is 0 Å². The number of para-hydroxylation sites is 4. The Labute approximate surface area is 286 Å². The lowest BCUT2D eigenvalue weighted by molar-refractivity contribution is -0.116. The van der Waals surface area contributed by atoms with Gasteiger partial charge in [0.2, 0.25) is 17.6 Å². The number of carbonyl (C=O) groups excluding carboxylic acids is 1. The van der Waals surface area contributed by atoms with Crippen LogP contribution in [0.15, 0.2) is 77.7 Å². The Morgan fingerprint density at radius 3 is 2.16 bits per heavy atom. The van der Waals surface area contributed by atoms with Crippen LogP contribution in [0.2, 0.25) is 0 Å². The van der Waals surface area contributed by atoms with Crippen molar-refractivity contribution in [2.45, 2.75) is 37.5 Å². The summed E-state index contributed by atoms with van der Waals surface area (Å²) in [6.07, 6.45) is -0.0653. The number of carbonyl (C=O) groups is 1. The second kappa shape index (κ2) is 15.4. The summed E-state index contributed by atoms with van der Waals surface area (Å²) in [4.78, 5) is 24.1. The average molecular weight is 692 g/mol. The fourth-order valence-corrected chi connectivity index (χ4v) is 5.92. The molecule has 0 bridgehead atoms. The van der Waals surface area contributed by atoms with Crippen LogP contribution in [0.3, 0.4) is 0 Å². The van der Waals surface area contributed by atoms with Gasteiger partial charge >= 0.3 is 0 Å². The highest BCUT2D eigenvalue weighted by atomic mass is 32.2. The number of sulfonamides is 1. The van der Waals surface area contributed by atoms with Crippen molar-refractivity contribution in [3.63, 3.8) is 0 Å². The van der Waals surface area contributed by atoms with E-state index in [1.165, 1.54) is 14.2 Å². The lowest BCUT2D eigenvalue weighted by Crippen LogP contribution is -2.37. The number of anilines is 3. The zero-order valence-electron chi connectivity index (χ0n) is 28.2. The SMILES string of the molecule is COc1ccccc1NC(=O)CCOc1nc(N2CCOCC2)nc(NS(=O)(=O)c2ccc(C(C)(C)C)cc2)c1Oc1ccccc1OC. The van der Waals surface area contributed by atoms with Crippen molar-refractivity contribution >= 4 is 33.4 Å². The Kier molecular flexibility index (Phi) is 11.1. The third kappa shape index (κ3) is 8.89. The molecule has 260 valence electrons. The molecule has 5 rings (SSSR count). The van der Waals surface area contributed by atoms with Gasteiger partial charge in [0.05, 0.1) is 51.0 Å². The van der Waals surface area contributed by atoms with Crippen molar-refractivity contribution in [2.75, 3.05) is 62.1 Å². The molecule has 0 saturated carbocycles. The van der Waals surface area contributed by atoms with Crippen LogP contribution in [0.1, 0.15) is 32.8 Å². The van der Waals surface area contributed by atoms with E-state index in [9.17, 15) is 13.2 Å². The second-order valence-electron chi connectivity index (χ2n) is 12.1. The van der Waals surface area contributed by atoms with Gasteiger partial charge < -0.3 is 33.9 Å². The number of methoxy groups -OCH3 is 2. The van der Waals surface area contributed by atoms with E-state index in [0.29, 0.717) is 43.5 Å². The first-order valence-electron chi connectivity index (χ1n) is 15.7. The van der Waals surface area contributed by atoms with Gasteiger partial charge in [0, 0.05) is 13.1 Å². The number of ether oxygens (including phenoxy) is 5. The highest BCUT2D eigenvalue weighted by Crippen LogP contribution is 2.42. The summed E-state index contributed by atoms with van der Waals surface area (Å²) in [5, 5.41) is 2.82. The number of hydrogen-bond acceptors (Lipinski definition) is 11. The molecule has 0 radical (unpaired) electrons. The molecule has 13 nitrogen and oxygen atoms in total. The van der Waals surface area contributed by atoms with Gasteiger partial charge in [-0.05, 0) is 47.4 Å². The number of nitrogens with one attached hydrogen (secondary N) is 2. The molecule has 1 fully saturated rings. The van der Waals surface area contributed by atoms with E-state index in [1.807, 2.05) is 25.7 Å². The van der Waals surface area contributed by atoms with Gasteiger partial charge in [-0.25, -0.2) is 8.42 Å². The molecule has 14 heteroatoms. The highest BCUT2D eigenvalue weighted by Gasteiger charge is 2.28. The van der Waals surface area contributed by atoms with Gasteiger partial charge in [-0.3, -0.25) is 9.52 Å². The van der Waals surface area contributed by atoms with Gasteiger partial charge in [-0.2, -0.15) is 9.97 Å². The lowest BCUT2D eigenvalue weighted by atomic mass is 9.87. The van der Waals surface area contributed by atoms with Gasteiger partial charge in [0.1, 0.15) is 5.75 Å². The van der Waals surface area contributed by atoms with E-state index in [1.54, 1.807) is 72.8 Å². The Morgan fingerprint density at radius 1 is 0.878 bits per heavy atom. The second-order valence-corrected chi connectivity index (χ2v) is 13.8. The van der Waals surface area contributed by atoms with E-state index in [4.69, 9.17) is 23.7 Å². The summed E-state index contributed by atoms with van der Waals surface area (Å²) in [7, 11) is -1.16. The zero-order valence-corrected chi connectivity index (χ0v) is 29.0. The third-order valence-corrected chi connectivity index (χ3v) is 8.96. The van der Waals surface area contributed by atoms with Gasteiger partial charge in [-0.15, -0.1) is 0 Å². The quantitative estimate of drug-likeness (QED) is 0.180. The number of rotatable bonds is 13. The molecule has 1 saturated heterocycles. The molecule has 1 aliphatic rings. The number of hydrogen-bond donors (Lipinski definition) is 2. The van der Waals surface area contributed by atoms with Crippen LogP contribution >= 0.6 is 0 Å². The Balaban J connectivity index is 1.51. The molecular formula is C35H41N5O8S. The first-order chi connectivity index (χ1) is 23.5. The fraction of sp³-hybridized carbons (Fsp3) is 0.343. The molecule has 1 amide bonds. The Morgan fingerprint density at radius 2 is 1.51 bits per heavy atom. The molecule has 49 heavy (non-hydrogen) atoms. The Bertz CT molecular complexity index is 1860. The van der Waals surface area contributed by atoms with Crippen LogP contribution in [-0.4, -0.2) is 71.4 Å². The summed E-state index contributed by atoms with van der Waals surface area (Å²) in [5.74, 6) is 0.685. The van der Waals surface area contributed by atoms with E-state index in [2.05, 4.69) is 20.0 Å². The normalized spacial score (nSPS) is 13.4. The minimum absolute atomic E-state index is 0.0331. The zero-order chi connectivity index (χ0) is 35.0. The van der Waals surface area contributed by atoms with Gasteiger partial charge in [-0.1, -0.05) is 57.2 Å². The van der Waals surface area contributed by atoms with E-state index < -0.39 is 10.0 Å². The molecule has 0 atom stereocenters. The van der Waals surface area contributed by atoms with Crippen molar-refractivity contribution in [1.29, 1.82) is 0 Å². The summed E-state index contributed by atoms with van der Waals surface area (Å²) < 4.78 is 58.9. The molecule has 1 aromatic heterocycles. The largest absolute Gasteiger partial charge is 0.495 e. The molecule has 4 aromatic rings. The molecular weight excluding hydrogens is 650 g/mol. The van der Waals surface area contributed by atoms with Crippen molar-refractivity contribution in [3.05, 3.63) is 78.4 Å². The van der Waals surface area contributed by atoms with Crippen LogP contribution in [-0.2, 0) is 25.0 Å². The molecule has 2 N–H and O–H groups in total. The maximum absolute atomic E-state index is 13.8. The number of aromatic nitrogens is 2. The Hall–Kier alpha value is -5.08. The minimum atomic E-state index is -4.17. The van der Waals surface area contributed by atoms with Crippen LogP contribution < -0.4 is 33.9 Å². The predicted molar refractivity (Wildman–Crippen MR) is 186 cm³/mol. The number of amides is 1. The first kappa shape index (κ1) is 35.2. The summed E-state index contributed by atoms with van der Waals surface area (Å²) >= 11 is 0. The summed E-state index contributed by atoms with van der Waals surface area (Å²) in [5.41, 5.74) is 1.33. The molecule has 0 unspecified atom stereocenters. The van der Waals surface area contributed by atoms with Crippen molar-refractivity contribution in [2.24, 2.45) is 0 Å². The van der Waals surface area contributed by atoms with E-state index in [0.717, 1.165) is 5.56 Å². The number of nitrogens with zero attached hydrogens (tertiary/aromatic N) is 3. The van der Waals surface area contributed by atoms with Crippen molar-refractivity contribution in [3.8, 4) is 28.9 Å². The summed E-state index contributed by atoms with van der Waals surface area (Å²) in [6, 6.07) is 20.6. The monoisotopic (exact) mass is 691 g/mol. The topological polar surface area (TPSA) is 150 Å². The fourth-order valence-electron chi connectivity index (χ4n) is 4.92. The van der Waals surface area contributed by atoms with Gasteiger partial charge in [0.15, 0.2) is 17.3 Å². The molecule has 1 aliphatic heterocycles. The van der Waals surface area contributed by atoms with E-state index >= 15 is 0 Å². The maximum atomic E-state index is 13.8. The van der Waals surface area contributed by atoms with Crippen molar-refractivity contribution in [1.82, 2.24) is 9.97 Å². The number of morpholine rings is 1. The standard InChI is InChI=1S/C35H41N5O8S/c1-35(2,3)24-14-16-25(17-15-24)49(42,43)39-32-31(48-29-13-9-8-12-28(29)45-5)33(38-34(37-32)40-19-22-46-23-20-40)47-21-18-30(41)36-26-10-6-7-11-27(26)44-4/h6-17H,18-23H2,1-5H3,(H,36,41)(H,37,38,39). The maximum Gasteiger partial charge on any atom is 0.265 e. The molecule has 3 aromatic carbocycles. The third-order valence-electron chi connectivity index (χ3n) is 7.61. The number of benzene rings is 3. The van der Waals surface area contributed by atoms with Crippen LogP contribution in [0.4, 0.5) is 17.5 Å². The highest BCUT2D eigenvalue weighted by molar-refractivity contribution is 7.92. The smallest absolute Gasteiger partial charge is 0.265 e. The minimum Gasteiger partial charge on any atom is -0.495 e. The summed E-state index contributed by atoms with van der Waals surface area (Å²) in [6.45, 7) is 7.83. The van der Waals surface area contributed by atoms with E-state index in [-0.39, 0.29) is 58.4 Å². The average Bonchev–Trinajstić information content (AvgIpc) is 3.09. The van der Waals surface area contributed by atoms with Crippen LogP contribution in [0, 0.1) is 0 Å². The molecule has 0 spiro atoms. The predicted octanol–water partition coefficient (Wildman–Crippen LogP) is 5.63. The molecule has 0 aliphatic carbocycles. The lowest BCUT2D eigenvalue weighted by Gasteiger charge is -2.28. The van der Waals surface area contributed by atoms with Gasteiger partial charge in [0.25, 0.3) is 15.9 Å². The molecule has 2 heterocycles. The van der Waals surface area contributed by atoms with Crippen LogP contribution in [0.5, 0.6) is 28.9 Å². The first-order valence-corrected chi connectivity index (χ1v) is 17.2.